The Labute approximate surface area is 167 Å². The molecule has 4 rings (SSSR count). The van der Waals surface area contributed by atoms with Crippen LogP contribution < -0.4 is 16.2 Å². The van der Waals surface area contributed by atoms with Gasteiger partial charge in [-0.3, -0.25) is 10.1 Å². The summed E-state index contributed by atoms with van der Waals surface area (Å²) in [6, 6.07) is 9.10. The molecule has 0 aliphatic carbocycles. The Hall–Kier alpha value is -3.20. The molecule has 3 aromatic rings. The van der Waals surface area contributed by atoms with Gasteiger partial charge in [0.25, 0.3) is 5.56 Å². The van der Waals surface area contributed by atoms with Crippen molar-refractivity contribution in [2.24, 2.45) is 0 Å². The van der Waals surface area contributed by atoms with Crippen LogP contribution in [0.1, 0.15) is 23.9 Å². The monoisotopic (exact) mass is 396 g/mol. The number of benzene rings is 1. The highest BCUT2D eigenvalue weighted by Gasteiger charge is 2.22. The van der Waals surface area contributed by atoms with Crippen molar-refractivity contribution in [1.82, 2.24) is 24.6 Å². The normalized spacial score (nSPS) is 16.3. The van der Waals surface area contributed by atoms with E-state index in [9.17, 15) is 9.59 Å². The van der Waals surface area contributed by atoms with Gasteiger partial charge in [0.1, 0.15) is 11.5 Å². The summed E-state index contributed by atoms with van der Waals surface area (Å²) in [6.45, 7) is 5.53. The number of hydrogen-bond acceptors (Lipinski definition) is 5. The van der Waals surface area contributed by atoms with Crippen LogP contribution in [0, 0.1) is 13.8 Å². The minimum absolute atomic E-state index is 0.128. The Morgan fingerprint density at radius 2 is 2.14 bits per heavy atom. The van der Waals surface area contributed by atoms with E-state index in [0.717, 1.165) is 23.1 Å². The van der Waals surface area contributed by atoms with E-state index in [1.807, 2.05) is 41.9 Å². The second-order valence-corrected chi connectivity index (χ2v) is 7.16. The maximum absolute atomic E-state index is 12.5. The number of nitrogens with zero attached hydrogens (tertiary/aromatic N) is 4. The molecule has 1 aliphatic rings. The van der Waals surface area contributed by atoms with Crippen LogP contribution in [0.3, 0.4) is 0 Å². The van der Waals surface area contributed by atoms with Gasteiger partial charge in [-0.05, 0) is 32.4 Å². The third-order valence-corrected chi connectivity index (χ3v) is 4.99. The van der Waals surface area contributed by atoms with Crippen LogP contribution in [0.5, 0.6) is 0 Å². The largest absolute Gasteiger partial charge is 0.379 e. The van der Waals surface area contributed by atoms with E-state index in [-0.39, 0.29) is 17.6 Å². The number of aryl methyl sites for hydroxylation is 2. The van der Waals surface area contributed by atoms with Gasteiger partial charge in [-0.15, -0.1) is 0 Å². The molecule has 0 spiro atoms. The molecule has 1 fully saturated rings. The molecule has 9 heteroatoms. The molecule has 1 aliphatic heterocycles. The predicted molar refractivity (Wildman–Crippen MR) is 109 cm³/mol. The van der Waals surface area contributed by atoms with Crippen LogP contribution in [0.2, 0.25) is 0 Å². The summed E-state index contributed by atoms with van der Waals surface area (Å²) in [4.78, 5) is 29.2. The smallest absolute Gasteiger partial charge is 0.320 e. The minimum Gasteiger partial charge on any atom is -0.379 e. The molecule has 0 bridgehead atoms. The molecule has 2 amide bonds. The Balaban J connectivity index is 1.42. The second-order valence-electron chi connectivity index (χ2n) is 7.16. The van der Waals surface area contributed by atoms with Crippen molar-refractivity contribution in [2.45, 2.75) is 32.9 Å². The molecule has 1 atom stereocenters. The molecule has 9 nitrogen and oxygen atoms in total. The highest BCUT2D eigenvalue weighted by atomic mass is 16.5. The number of rotatable bonds is 5. The van der Waals surface area contributed by atoms with Crippen molar-refractivity contribution in [1.29, 1.82) is 0 Å². The predicted octanol–water partition coefficient (Wildman–Crippen LogP) is 1.99. The fourth-order valence-corrected chi connectivity index (χ4v) is 3.59. The number of hydrogen-bond donors (Lipinski definition) is 2. The molecule has 1 unspecified atom stereocenters. The van der Waals surface area contributed by atoms with E-state index in [0.29, 0.717) is 37.8 Å². The van der Waals surface area contributed by atoms with Crippen LogP contribution in [0.4, 0.5) is 10.6 Å². The van der Waals surface area contributed by atoms with Gasteiger partial charge >= 0.3 is 6.03 Å². The SMILES string of the molecule is Cc1cc(NC(=O)NCCn2c(=O)c(C)nc3ccccc32)n(C2CCOC2)n1. The average Bonchev–Trinajstić information content (AvgIpc) is 3.34. The van der Waals surface area contributed by atoms with Crippen molar-refractivity contribution in [3.05, 3.63) is 52.1 Å². The molecule has 152 valence electrons. The average molecular weight is 396 g/mol. The zero-order valence-electron chi connectivity index (χ0n) is 16.5. The van der Waals surface area contributed by atoms with Gasteiger partial charge in [0.05, 0.1) is 29.4 Å². The number of aromatic nitrogens is 4. The van der Waals surface area contributed by atoms with Gasteiger partial charge in [0.2, 0.25) is 0 Å². The topological polar surface area (TPSA) is 103 Å². The molecule has 2 N–H and O–H groups in total. The van der Waals surface area contributed by atoms with Gasteiger partial charge in [-0.25, -0.2) is 14.5 Å². The Morgan fingerprint density at radius 1 is 1.31 bits per heavy atom. The van der Waals surface area contributed by atoms with E-state index < -0.39 is 0 Å². The van der Waals surface area contributed by atoms with Crippen LogP contribution >= 0.6 is 0 Å². The quantitative estimate of drug-likeness (QED) is 0.687. The summed E-state index contributed by atoms with van der Waals surface area (Å²) in [7, 11) is 0. The lowest BCUT2D eigenvalue weighted by atomic mass is 10.2. The lowest BCUT2D eigenvalue weighted by molar-refractivity contribution is 0.185. The van der Waals surface area contributed by atoms with Crippen molar-refractivity contribution in [2.75, 3.05) is 25.1 Å². The maximum atomic E-state index is 12.5. The van der Waals surface area contributed by atoms with Crippen molar-refractivity contribution in [3.8, 4) is 0 Å². The molecule has 29 heavy (non-hydrogen) atoms. The first-order valence-electron chi connectivity index (χ1n) is 9.68. The van der Waals surface area contributed by atoms with Crippen molar-refractivity contribution >= 4 is 22.9 Å². The van der Waals surface area contributed by atoms with Gasteiger partial charge < -0.3 is 14.6 Å². The first-order chi connectivity index (χ1) is 14.0. The van der Waals surface area contributed by atoms with E-state index in [1.165, 1.54) is 0 Å². The van der Waals surface area contributed by atoms with Crippen LogP contribution in [0.15, 0.2) is 35.1 Å². The standard InChI is InChI=1S/C20H24N6O3/c1-13-11-18(26(24-13)15-7-10-29-12-15)23-20(28)21-8-9-25-17-6-4-3-5-16(17)22-14(2)19(25)27/h3-6,11,15H,7-10,12H2,1-2H3,(H2,21,23,28). The van der Waals surface area contributed by atoms with Crippen LogP contribution in [-0.4, -0.2) is 45.1 Å². The van der Waals surface area contributed by atoms with E-state index in [1.54, 1.807) is 11.5 Å². The fourth-order valence-electron chi connectivity index (χ4n) is 3.59. The van der Waals surface area contributed by atoms with E-state index >= 15 is 0 Å². The molecule has 1 aromatic carbocycles. The molecule has 0 saturated carbocycles. The van der Waals surface area contributed by atoms with E-state index in [4.69, 9.17) is 4.74 Å². The van der Waals surface area contributed by atoms with Gasteiger partial charge in [-0.1, -0.05) is 12.1 Å². The molecule has 2 aromatic heterocycles. The Morgan fingerprint density at radius 3 is 2.93 bits per heavy atom. The van der Waals surface area contributed by atoms with Gasteiger partial charge in [0, 0.05) is 25.8 Å². The van der Waals surface area contributed by atoms with Crippen molar-refractivity contribution in [3.63, 3.8) is 0 Å². The lowest BCUT2D eigenvalue weighted by Gasteiger charge is -2.15. The lowest BCUT2D eigenvalue weighted by Crippen LogP contribution is -2.35. The number of urea groups is 1. The number of amides is 2. The summed E-state index contributed by atoms with van der Waals surface area (Å²) >= 11 is 0. The summed E-state index contributed by atoms with van der Waals surface area (Å²) in [5.41, 5.74) is 2.62. The maximum Gasteiger partial charge on any atom is 0.320 e. The Bertz CT molecular complexity index is 1100. The number of carbonyl (C=O) groups is 1. The fraction of sp³-hybridized carbons (Fsp3) is 0.400. The third-order valence-electron chi connectivity index (χ3n) is 4.99. The highest BCUT2D eigenvalue weighted by molar-refractivity contribution is 5.88. The zero-order chi connectivity index (χ0) is 20.4. The zero-order valence-corrected chi connectivity index (χ0v) is 16.5. The molecule has 1 saturated heterocycles. The second kappa shape index (κ2) is 8.04. The number of ether oxygens (including phenoxy) is 1. The summed E-state index contributed by atoms with van der Waals surface area (Å²) in [6.07, 6.45) is 0.870. The minimum atomic E-state index is -0.340. The summed E-state index contributed by atoms with van der Waals surface area (Å²) in [5, 5.41) is 10.1. The van der Waals surface area contributed by atoms with Crippen molar-refractivity contribution < 1.29 is 9.53 Å². The number of para-hydroxylation sites is 2. The number of fused-ring (bicyclic) bond motifs is 1. The van der Waals surface area contributed by atoms with Crippen LogP contribution in [0.25, 0.3) is 11.0 Å². The summed E-state index contributed by atoms with van der Waals surface area (Å²) < 4.78 is 8.88. The number of anilines is 1. The molecular formula is C20H24N6O3. The van der Waals surface area contributed by atoms with Gasteiger partial charge in [0.15, 0.2) is 0 Å². The molecule has 3 heterocycles. The number of nitrogens with one attached hydrogen (secondary N) is 2. The summed E-state index contributed by atoms with van der Waals surface area (Å²) in [5.74, 6) is 0.637. The Kier molecular flexibility index (Phi) is 5.30. The molecular weight excluding hydrogens is 372 g/mol. The first kappa shape index (κ1) is 19.1. The highest BCUT2D eigenvalue weighted by Crippen LogP contribution is 2.23. The van der Waals surface area contributed by atoms with E-state index in [2.05, 4.69) is 20.7 Å². The van der Waals surface area contributed by atoms with Crippen LogP contribution in [-0.2, 0) is 11.3 Å². The number of carbonyl (C=O) groups excluding carboxylic acids is 1. The third kappa shape index (κ3) is 4.00. The first-order valence-corrected chi connectivity index (χ1v) is 9.68. The van der Waals surface area contributed by atoms with Gasteiger partial charge in [-0.2, -0.15) is 5.10 Å². The molecule has 0 radical (unpaired) electrons.